The fraction of sp³-hybridized carbons (Fsp3) is 0.0833. The van der Waals surface area contributed by atoms with E-state index in [-0.39, 0.29) is 5.76 Å². The first kappa shape index (κ1) is 11.2. The van der Waals surface area contributed by atoms with E-state index in [1.165, 1.54) is 0 Å². The summed E-state index contributed by atoms with van der Waals surface area (Å²) in [6.07, 6.45) is 0.646. The summed E-state index contributed by atoms with van der Waals surface area (Å²) in [5, 5.41) is 1.16. The number of aldehydes is 1. The minimum atomic E-state index is 0.266. The van der Waals surface area contributed by atoms with Gasteiger partial charge in [0.15, 0.2) is 12.0 Å². The number of hydrogen-bond donors (Lipinski definition) is 0. The summed E-state index contributed by atoms with van der Waals surface area (Å²) in [4.78, 5) is 10.5. The Labute approximate surface area is 103 Å². The van der Waals surface area contributed by atoms with Gasteiger partial charge >= 0.3 is 0 Å². The van der Waals surface area contributed by atoms with Crippen molar-refractivity contribution in [2.24, 2.45) is 0 Å². The Morgan fingerprint density at radius 1 is 1.19 bits per heavy atom. The average Bonchev–Trinajstić information content (AvgIpc) is 2.71. The van der Waals surface area contributed by atoms with Crippen molar-refractivity contribution in [3.63, 3.8) is 0 Å². The van der Waals surface area contributed by atoms with Crippen molar-refractivity contribution in [1.82, 2.24) is 0 Å². The molecular weight excluding hydrogens is 247 g/mol. The molecule has 0 aliphatic carbocycles. The Bertz CT molecular complexity index is 544. The van der Waals surface area contributed by atoms with Crippen LogP contribution in [-0.2, 0) is 0 Å². The van der Waals surface area contributed by atoms with E-state index in [2.05, 4.69) is 0 Å². The molecule has 82 valence electrons. The smallest absolute Gasteiger partial charge is 0.185 e. The first-order valence-electron chi connectivity index (χ1n) is 4.63. The van der Waals surface area contributed by atoms with E-state index in [1.807, 2.05) is 6.92 Å². The molecule has 0 N–H and O–H groups in total. The third-order valence-corrected chi connectivity index (χ3v) is 2.98. The van der Waals surface area contributed by atoms with Crippen molar-refractivity contribution in [3.05, 3.63) is 45.6 Å². The van der Waals surface area contributed by atoms with E-state index in [0.29, 0.717) is 27.7 Å². The second-order valence-electron chi connectivity index (χ2n) is 3.40. The summed E-state index contributed by atoms with van der Waals surface area (Å²) >= 11 is 12.1. The van der Waals surface area contributed by atoms with Crippen LogP contribution in [0.1, 0.15) is 16.1 Å². The highest BCUT2D eigenvalue weighted by Gasteiger charge is 2.10. The summed E-state index contributed by atoms with van der Waals surface area (Å²) < 4.78 is 5.28. The van der Waals surface area contributed by atoms with Gasteiger partial charge < -0.3 is 4.42 Å². The van der Waals surface area contributed by atoms with Gasteiger partial charge in [0.2, 0.25) is 0 Å². The van der Waals surface area contributed by atoms with Crippen LogP contribution in [0.2, 0.25) is 10.0 Å². The molecular formula is C12H8Cl2O2. The monoisotopic (exact) mass is 254 g/mol. The molecule has 0 aliphatic heterocycles. The number of hydrogen-bond acceptors (Lipinski definition) is 2. The molecule has 0 fully saturated rings. The van der Waals surface area contributed by atoms with Gasteiger partial charge in [-0.1, -0.05) is 23.2 Å². The van der Waals surface area contributed by atoms with E-state index in [4.69, 9.17) is 27.6 Å². The highest BCUT2D eigenvalue weighted by molar-refractivity contribution is 6.35. The first-order chi connectivity index (χ1) is 7.61. The van der Waals surface area contributed by atoms with Gasteiger partial charge in [-0.3, -0.25) is 4.79 Å². The van der Waals surface area contributed by atoms with Gasteiger partial charge in [0, 0.05) is 10.6 Å². The van der Waals surface area contributed by atoms with Crippen LogP contribution in [0.3, 0.4) is 0 Å². The van der Waals surface area contributed by atoms with Gasteiger partial charge in [-0.2, -0.15) is 0 Å². The topological polar surface area (TPSA) is 30.2 Å². The lowest BCUT2D eigenvalue weighted by atomic mass is 10.1. The summed E-state index contributed by atoms with van der Waals surface area (Å²) in [6, 6.07) is 6.78. The lowest BCUT2D eigenvalue weighted by Crippen LogP contribution is -1.81. The van der Waals surface area contributed by atoms with Gasteiger partial charge in [-0.25, -0.2) is 0 Å². The van der Waals surface area contributed by atoms with Gasteiger partial charge in [0.05, 0.1) is 5.02 Å². The molecule has 0 saturated heterocycles. The van der Waals surface area contributed by atoms with Crippen LogP contribution in [-0.4, -0.2) is 6.29 Å². The van der Waals surface area contributed by atoms with E-state index < -0.39 is 0 Å². The normalized spacial score (nSPS) is 10.4. The quantitative estimate of drug-likeness (QED) is 0.745. The Balaban J connectivity index is 2.55. The second-order valence-corrected chi connectivity index (χ2v) is 4.22. The third-order valence-electron chi connectivity index (χ3n) is 2.26. The molecule has 4 heteroatoms. The standard InChI is InChI=1S/C12H8Cl2O2/c1-7-4-11(14)9(5-10(7)13)12-3-2-8(6-15)16-12/h2-6H,1H3. The zero-order chi connectivity index (χ0) is 11.7. The van der Waals surface area contributed by atoms with Crippen molar-refractivity contribution in [1.29, 1.82) is 0 Å². The Morgan fingerprint density at radius 3 is 2.56 bits per heavy atom. The zero-order valence-corrected chi connectivity index (χ0v) is 9.97. The van der Waals surface area contributed by atoms with Crippen LogP contribution >= 0.6 is 23.2 Å². The molecule has 0 amide bonds. The number of rotatable bonds is 2. The lowest BCUT2D eigenvalue weighted by molar-refractivity contribution is 0.110. The van der Waals surface area contributed by atoms with Crippen LogP contribution in [0.4, 0.5) is 0 Å². The van der Waals surface area contributed by atoms with E-state index >= 15 is 0 Å². The number of halogens is 2. The summed E-state index contributed by atoms with van der Waals surface area (Å²) in [5.41, 5.74) is 1.59. The zero-order valence-electron chi connectivity index (χ0n) is 8.46. The Kier molecular flexibility index (Phi) is 3.03. The maximum Gasteiger partial charge on any atom is 0.185 e. The van der Waals surface area contributed by atoms with Crippen molar-refractivity contribution < 1.29 is 9.21 Å². The number of benzene rings is 1. The second kappa shape index (κ2) is 4.32. The predicted molar refractivity (Wildman–Crippen MR) is 64.3 cm³/mol. The minimum absolute atomic E-state index is 0.266. The molecule has 1 aromatic heterocycles. The van der Waals surface area contributed by atoms with E-state index in [0.717, 1.165) is 5.56 Å². The fourth-order valence-electron chi connectivity index (χ4n) is 1.40. The number of carbonyl (C=O) groups is 1. The van der Waals surface area contributed by atoms with Crippen LogP contribution in [0.25, 0.3) is 11.3 Å². The number of aryl methyl sites for hydroxylation is 1. The van der Waals surface area contributed by atoms with Crippen molar-refractivity contribution >= 4 is 29.5 Å². The average molecular weight is 255 g/mol. The molecule has 2 rings (SSSR count). The molecule has 16 heavy (non-hydrogen) atoms. The molecule has 0 bridgehead atoms. The minimum Gasteiger partial charge on any atom is -0.453 e. The Morgan fingerprint density at radius 2 is 1.94 bits per heavy atom. The molecule has 0 radical (unpaired) electrons. The maximum atomic E-state index is 10.5. The van der Waals surface area contributed by atoms with E-state index in [9.17, 15) is 4.79 Å². The Hall–Kier alpha value is -1.25. The lowest BCUT2D eigenvalue weighted by Gasteiger charge is -2.04. The summed E-state index contributed by atoms with van der Waals surface area (Å²) in [7, 11) is 0. The maximum absolute atomic E-state index is 10.5. The largest absolute Gasteiger partial charge is 0.453 e. The molecule has 0 saturated carbocycles. The highest BCUT2D eigenvalue weighted by Crippen LogP contribution is 2.33. The molecule has 2 aromatic rings. The van der Waals surface area contributed by atoms with Crippen LogP contribution in [0.5, 0.6) is 0 Å². The van der Waals surface area contributed by atoms with Crippen LogP contribution in [0.15, 0.2) is 28.7 Å². The fourth-order valence-corrected chi connectivity index (χ4v) is 1.87. The molecule has 0 aliphatic rings. The van der Waals surface area contributed by atoms with Crippen molar-refractivity contribution in [2.45, 2.75) is 6.92 Å². The van der Waals surface area contributed by atoms with Crippen LogP contribution < -0.4 is 0 Å². The SMILES string of the molecule is Cc1cc(Cl)c(-c2ccc(C=O)o2)cc1Cl. The van der Waals surface area contributed by atoms with E-state index in [1.54, 1.807) is 24.3 Å². The highest BCUT2D eigenvalue weighted by atomic mass is 35.5. The van der Waals surface area contributed by atoms with Crippen molar-refractivity contribution in [2.75, 3.05) is 0 Å². The van der Waals surface area contributed by atoms with Crippen molar-refractivity contribution in [3.8, 4) is 11.3 Å². The van der Waals surface area contributed by atoms with Gasteiger partial charge in [0.1, 0.15) is 5.76 Å². The summed E-state index contributed by atoms with van der Waals surface area (Å²) in [5.74, 6) is 0.803. The number of furan rings is 1. The predicted octanol–water partition coefficient (Wildman–Crippen LogP) is 4.37. The molecule has 0 unspecified atom stereocenters. The molecule has 0 atom stereocenters. The third kappa shape index (κ3) is 1.99. The number of carbonyl (C=O) groups excluding carboxylic acids is 1. The molecule has 0 spiro atoms. The molecule has 1 aromatic carbocycles. The molecule has 2 nitrogen and oxygen atoms in total. The van der Waals surface area contributed by atoms with Gasteiger partial charge in [-0.15, -0.1) is 0 Å². The van der Waals surface area contributed by atoms with Gasteiger partial charge in [0.25, 0.3) is 0 Å². The summed E-state index contributed by atoms with van der Waals surface area (Å²) in [6.45, 7) is 1.87. The van der Waals surface area contributed by atoms with Crippen LogP contribution in [0, 0.1) is 6.92 Å². The molecule has 1 heterocycles. The first-order valence-corrected chi connectivity index (χ1v) is 5.38. The van der Waals surface area contributed by atoms with Gasteiger partial charge in [-0.05, 0) is 36.8 Å².